The minimum atomic E-state index is -0.547. The molecule has 0 radical (unpaired) electrons. The Labute approximate surface area is 154 Å². The molecule has 2 aromatic rings. The molecule has 26 heavy (non-hydrogen) atoms. The van der Waals surface area contributed by atoms with E-state index in [4.69, 9.17) is 5.73 Å². The zero-order valence-corrected chi connectivity index (χ0v) is 15.6. The first-order valence-corrected chi connectivity index (χ1v) is 9.21. The number of aryl methyl sites for hydroxylation is 2. The molecule has 0 bridgehead atoms. The van der Waals surface area contributed by atoms with Crippen LogP contribution in [0.25, 0.3) is 0 Å². The number of nitrogens with two attached hydrogens (primary N) is 1. The molecule has 3 rings (SSSR count). The van der Waals surface area contributed by atoms with Crippen molar-refractivity contribution >= 4 is 6.03 Å². The molecule has 1 fully saturated rings. The summed E-state index contributed by atoms with van der Waals surface area (Å²) in [6.07, 6.45) is 4.30. The highest BCUT2D eigenvalue weighted by Gasteiger charge is 2.21. The number of rotatable bonds is 6. The van der Waals surface area contributed by atoms with Crippen molar-refractivity contribution in [1.82, 2.24) is 25.2 Å². The molecule has 3 N–H and O–H groups in total. The summed E-state index contributed by atoms with van der Waals surface area (Å²) < 4.78 is 1.88. The number of hydrogen-bond acceptors (Lipinski definition) is 4. The lowest BCUT2D eigenvalue weighted by molar-refractivity contribution is 0.152. The number of aromatic nitrogens is 3. The number of hydrogen-bond donors (Lipinski definition) is 2. The zero-order valence-electron chi connectivity index (χ0n) is 15.6. The molecule has 1 aliphatic heterocycles. The van der Waals surface area contributed by atoms with E-state index in [0.717, 1.165) is 31.9 Å². The summed E-state index contributed by atoms with van der Waals surface area (Å²) in [5.41, 5.74) is 10.0. The molecule has 2 amide bonds. The molecule has 140 valence electrons. The average molecular weight is 356 g/mol. The third-order valence-corrected chi connectivity index (χ3v) is 5.10. The van der Waals surface area contributed by atoms with Gasteiger partial charge in [-0.15, -0.1) is 5.10 Å². The third-order valence-electron chi connectivity index (χ3n) is 5.10. The Morgan fingerprint density at radius 1 is 1.35 bits per heavy atom. The summed E-state index contributed by atoms with van der Waals surface area (Å²) >= 11 is 0. The summed E-state index contributed by atoms with van der Waals surface area (Å²) in [5, 5.41) is 10.8. The van der Waals surface area contributed by atoms with Crippen molar-refractivity contribution in [3.8, 4) is 0 Å². The second-order valence-electron chi connectivity index (χ2n) is 7.26. The normalized spacial score (nSPS) is 18.0. The van der Waals surface area contributed by atoms with Gasteiger partial charge in [0.25, 0.3) is 0 Å². The van der Waals surface area contributed by atoms with Crippen LogP contribution < -0.4 is 11.1 Å². The van der Waals surface area contributed by atoms with E-state index in [-0.39, 0.29) is 0 Å². The van der Waals surface area contributed by atoms with Crippen molar-refractivity contribution in [1.29, 1.82) is 0 Å². The van der Waals surface area contributed by atoms with Crippen LogP contribution in [-0.2, 0) is 19.6 Å². The Bertz CT molecular complexity index is 736. The fraction of sp³-hybridized carbons (Fsp3) is 0.526. The maximum Gasteiger partial charge on any atom is 0.312 e. The highest BCUT2D eigenvalue weighted by Crippen LogP contribution is 2.22. The van der Waals surface area contributed by atoms with Crippen LogP contribution in [0.2, 0.25) is 0 Å². The van der Waals surface area contributed by atoms with Crippen molar-refractivity contribution in [2.24, 2.45) is 11.7 Å². The van der Waals surface area contributed by atoms with Crippen LogP contribution in [0.1, 0.15) is 35.2 Å². The molecule has 1 aromatic carbocycles. The standard InChI is InChI=1S/C19H28N6O/c1-14-5-3-6-15(2)18(14)13-24-8-4-7-16(10-24)11-25-12-17(22-23-25)9-21-19(20)26/h3,5-6,12,16H,4,7-11,13H2,1-2H3,(H3,20,21,26)/t16-/m0/s1. The van der Waals surface area contributed by atoms with E-state index in [1.165, 1.54) is 29.5 Å². The van der Waals surface area contributed by atoms with Gasteiger partial charge in [0, 0.05) is 19.6 Å². The second kappa shape index (κ2) is 8.31. The van der Waals surface area contributed by atoms with Crippen LogP contribution in [0.5, 0.6) is 0 Å². The molecule has 2 heterocycles. The SMILES string of the molecule is Cc1cccc(C)c1CN1CCC[C@H](Cn2cc(CNC(N)=O)nn2)C1. The van der Waals surface area contributed by atoms with Gasteiger partial charge in [-0.1, -0.05) is 23.4 Å². The zero-order chi connectivity index (χ0) is 18.5. The number of carbonyl (C=O) groups is 1. The van der Waals surface area contributed by atoms with E-state index >= 15 is 0 Å². The van der Waals surface area contributed by atoms with E-state index in [1.807, 2.05) is 10.9 Å². The lowest BCUT2D eigenvalue weighted by Gasteiger charge is -2.33. The molecule has 1 saturated heterocycles. The molecule has 1 aromatic heterocycles. The Morgan fingerprint density at radius 3 is 2.85 bits per heavy atom. The maximum atomic E-state index is 10.8. The molecule has 1 atom stereocenters. The van der Waals surface area contributed by atoms with Gasteiger partial charge in [0.1, 0.15) is 5.69 Å². The van der Waals surface area contributed by atoms with Crippen LogP contribution in [0.3, 0.4) is 0 Å². The van der Waals surface area contributed by atoms with Crippen LogP contribution in [-0.4, -0.2) is 39.0 Å². The van der Waals surface area contributed by atoms with E-state index in [9.17, 15) is 4.79 Å². The number of piperidine rings is 1. The molecule has 7 heteroatoms. The fourth-order valence-electron chi connectivity index (χ4n) is 3.72. The first-order valence-electron chi connectivity index (χ1n) is 9.21. The maximum absolute atomic E-state index is 10.8. The van der Waals surface area contributed by atoms with Crippen LogP contribution in [0.4, 0.5) is 4.79 Å². The average Bonchev–Trinajstić information content (AvgIpc) is 3.04. The Hall–Kier alpha value is -2.41. The van der Waals surface area contributed by atoms with Gasteiger partial charge in [0.2, 0.25) is 0 Å². The number of benzene rings is 1. The fourth-order valence-corrected chi connectivity index (χ4v) is 3.72. The first-order chi connectivity index (χ1) is 12.5. The summed E-state index contributed by atoms with van der Waals surface area (Å²) in [6.45, 7) is 8.80. The van der Waals surface area contributed by atoms with Crippen molar-refractivity contribution in [3.05, 3.63) is 46.8 Å². The van der Waals surface area contributed by atoms with E-state index < -0.39 is 6.03 Å². The van der Waals surface area contributed by atoms with Crippen molar-refractivity contribution in [2.45, 2.75) is 46.3 Å². The number of primary amides is 1. The third kappa shape index (κ3) is 4.82. The monoisotopic (exact) mass is 356 g/mol. The highest BCUT2D eigenvalue weighted by molar-refractivity contribution is 5.71. The van der Waals surface area contributed by atoms with E-state index in [0.29, 0.717) is 12.5 Å². The van der Waals surface area contributed by atoms with Gasteiger partial charge in [-0.25, -0.2) is 4.79 Å². The Balaban J connectivity index is 1.56. The largest absolute Gasteiger partial charge is 0.352 e. The molecule has 0 saturated carbocycles. The van der Waals surface area contributed by atoms with Crippen LogP contribution in [0.15, 0.2) is 24.4 Å². The summed E-state index contributed by atoms with van der Waals surface area (Å²) in [6, 6.07) is 5.97. The van der Waals surface area contributed by atoms with Gasteiger partial charge in [-0.3, -0.25) is 9.58 Å². The first kappa shape index (κ1) is 18.4. The number of nitrogens with zero attached hydrogens (tertiary/aromatic N) is 4. The molecule has 1 aliphatic rings. The lowest BCUT2D eigenvalue weighted by atomic mass is 9.96. The van der Waals surface area contributed by atoms with Crippen molar-refractivity contribution in [3.63, 3.8) is 0 Å². The van der Waals surface area contributed by atoms with Gasteiger partial charge in [-0.2, -0.15) is 0 Å². The lowest BCUT2D eigenvalue weighted by Crippen LogP contribution is -2.37. The highest BCUT2D eigenvalue weighted by atomic mass is 16.2. The predicted molar refractivity (Wildman–Crippen MR) is 100 cm³/mol. The summed E-state index contributed by atoms with van der Waals surface area (Å²) in [5.74, 6) is 0.562. The van der Waals surface area contributed by atoms with Crippen molar-refractivity contribution < 1.29 is 4.79 Å². The number of likely N-dealkylation sites (tertiary alicyclic amines) is 1. The van der Waals surface area contributed by atoms with Gasteiger partial charge in [-0.05, 0) is 55.8 Å². The summed E-state index contributed by atoms with van der Waals surface area (Å²) in [4.78, 5) is 13.3. The Kier molecular flexibility index (Phi) is 5.88. The van der Waals surface area contributed by atoms with Gasteiger partial charge in [0.15, 0.2) is 0 Å². The quantitative estimate of drug-likeness (QED) is 0.828. The molecular formula is C19H28N6O. The topological polar surface area (TPSA) is 89.1 Å². The minimum absolute atomic E-state index is 0.318. The van der Waals surface area contributed by atoms with Gasteiger partial charge < -0.3 is 11.1 Å². The molecule has 0 spiro atoms. The molecular weight excluding hydrogens is 328 g/mol. The van der Waals surface area contributed by atoms with Crippen LogP contribution in [0, 0.1) is 19.8 Å². The molecule has 0 aliphatic carbocycles. The second-order valence-corrected chi connectivity index (χ2v) is 7.26. The van der Waals surface area contributed by atoms with Gasteiger partial charge in [0.05, 0.1) is 12.7 Å². The number of nitrogens with one attached hydrogen (secondary N) is 1. The summed E-state index contributed by atoms with van der Waals surface area (Å²) in [7, 11) is 0. The van der Waals surface area contributed by atoms with E-state index in [1.54, 1.807) is 0 Å². The molecule has 0 unspecified atom stereocenters. The molecule has 7 nitrogen and oxygen atoms in total. The Morgan fingerprint density at radius 2 is 2.12 bits per heavy atom. The number of amides is 2. The number of urea groups is 1. The minimum Gasteiger partial charge on any atom is -0.352 e. The van der Waals surface area contributed by atoms with E-state index in [2.05, 4.69) is 52.6 Å². The number of carbonyl (C=O) groups excluding carboxylic acids is 1. The smallest absolute Gasteiger partial charge is 0.312 e. The van der Waals surface area contributed by atoms with Crippen LogP contribution >= 0.6 is 0 Å². The van der Waals surface area contributed by atoms with Crippen molar-refractivity contribution in [2.75, 3.05) is 13.1 Å². The predicted octanol–water partition coefficient (Wildman–Crippen LogP) is 1.98. The van der Waals surface area contributed by atoms with Gasteiger partial charge >= 0.3 is 6.03 Å².